The Kier molecular flexibility index (Phi) is 55.8. The van der Waals surface area contributed by atoms with Crippen LogP contribution >= 0.6 is 114 Å². The first kappa shape index (κ1) is 128. The van der Waals surface area contributed by atoms with Gasteiger partial charge in [-0.1, -0.05) is 287 Å². The fourth-order valence-electron chi connectivity index (χ4n) is 16.8. The van der Waals surface area contributed by atoms with Gasteiger partial charge in [0, 0.05) is 75.9 Å². The number of carboxylic acid groups (broad SMARTS) is 3. The zero-order valence-electron chi connectivity index (χ0n) is 86.6. The monoisotopic (exact) mass is 2450 g/mol. The molecule has 1 fully saturated rings. The van der Waals surface area contributed by atoms with Crippen molar-refractivity contribution in [3.63, 3.8) is 0 Å². The second kappa shape index (κ2) is 65.0. The molecular weight excluding hydrogens is 2310 g/mol. The molecular formula is C119H144BBr6ClN4O17P+. The number of hydrogen-bond donors (Lipinski definition) is 5. The maximum Gasteiger partial charge on any atom is 0.519 e. The molecule has 3 unspecified atom stereocenters. The summed E-state index contributed by atoms with van der Waals surface area (Å²) in [6.45, 7) is 23.1. The molecule has 7 N–H and O–H groups in total. The van der Waals surface area contributed by atoms with E-state index in [-0.39, 0.29) is 67.6 Å². The lowest BCUT2D eigenvalue weighted by atomic mass is 9.76. The standard InChI is InChI=1S/C22H21O2P.C18H27BO2.C12H15Br.C11H14BrN.C11H13BrO2.C11H11BrO2.C11H11BrO.C10H18O5.C7H5BrO.C5H4ClN3O2.CH4/c23-22(24)17-10-18-25(19-11-4-1-5-12-19,20-13-6-2-7-14-20)21-15-8-3-9-16-21;1-13-8-6-7-9-14-12-15(10-11-16(13)14)19-20-17(2,3)18(4,5)21-19;1-9-4-2-3-5-10-8-11(13)6-7-12(9)10;12-9-5-6-10-8(7-9)3-1-2-4-11(10)13;2*12-10-6-3-5-9(8-10)4-1-2-7-11(13)14;12-9-5-6-10-8(7-9)3-1-2-4-11(10)13;1-9(2,3)14-7(11)13-8(12)15-10(4,5)6;8-7-3-1-2-6(4-7)5-9;6-3-1-2-8-5(7)4(3)9(10)11;/h1-9,11-16H,10,17-18H2;10-13H,6-9H2,1-5H3;6-9H,2-5H2,1H3;5-7,11H,1-4,13H2;3,5-6,8H,1-2,4,7H2,(H,13,14);1,3-6,8H,2,7H2,(H,13,14);5-7H,1-4H2;1-6H3;1-5H;1-2H,(H2,7,8);1H4/p+1/b;;;;;4-1-;;;;;. The summed E-state index contributed by atoms with van der Waals surface area (Å²) in [6.07, 6.45) is 28.5. The van der Waals surface area contributed by atoms with Crippen LogP contribution < -0.4 is 32.8 Å². The highest BCUT2D eigenvalue weighted by Gasteiger charge is 2.52. The Labute approximate surface area is 937 Å². The van der Waals surface area contributed by atoms with Crippen LogP contribution in [-0.2, 0) is 70.0 Å². The highest BCUT2D eigenvalue weighted by molar-refractivity contribution is 9.11. The number of unbranched alkanes of at least 4 members (excludes halogenated alkanes) is 1. The molecule has 1 saturated heterocycles. The normalized spacial score (nSPS) is 15.4. The average Bonchev–Trinajstić information content (AvgIpc) is 1.76. The number of Topliss-reactive ketones (excluding diaryl/α,β-unsaturated/α-hetero) is 1. The third-order valence-corrected chi connectivity index (χ3v) is 32.7. The minimum Gasteiger partial charge on any atom is -0.481 e. The molecule has 2 heterocycles. The summed E-state index contributed by atoms with van der Waals surface area (Å²) in [5, 5.41) is 40.2. The van der Waals surface area contributed by atoms with Gasteiger partial charge in [0.1, 0.15) is 45.7 Å². The number of carbonyl (C=O) groups is 7. The van der Waals surface area contributed by atoms with E-state index in [1.165, 1.54) is 147 Å². The van der Waals surface area contributed by atoms with Crippen LogP contribution in [0.5, 0.6) is 0 Å². The molecule has 0 bridgehead atoms. The van der Waals surface area contributed by atoms with Crippen LogP contribution in [0.2, 0.25) is 5.02 Å². The van der Waals surface area contributed by atoms with Crippen molar-refractivity contribution >= 4 is 203 Å². The summed E-state index contributed by atoms with van der Waals surface area (Å²) in [5.41, 5.74) is 24.3. The van der Waals surface area contributed by atoms with Crippen LogP contribution in [0, 0.1) is 10.1 Å². The number of aryl methyl sites for hydroxylation is 5. The first-order chi connectivity index (χ1) is 70.2. The van der Waals surface area contributed by atoms with Crippen molar-refractivity contribution in [3.8, 4) is 0 Å². The Hall–Kier alpha value is -9.68. The minimum absolute atomic E-state index is 0. The number of fused-ring (bicyclic) bond motifs is 4. The lowest BCUT2D eigenvalue weighted by Gasteiger charge is -2.32. The van der Waals surface area contributed by atoms with Gasteiger partial charge in [0.2, 0.25) is 5.82 Å². The highest BCUT2D eigenvalue weighted by atomic mass is 79.9. The fourth-order valence-corrected chi connectivity index (χ4v) is 23.9. The summed E-state index contributed by atoms with van der Waals surface area (Å²) in [7, 11) is -2.11. The molecule has 0 spiro atoms. The smallest absolute Gasteiger partial charge is 0.481 e. The summed E-state index contributed by atoms with van der Waals surface area (Å²) in [5.74, 6) is -0.627. The summed E-state index contributed by atoms with van der Waals surface area (Å²) < 4.78 is 32.7. The number of nitro groups is 1. The fraction of sp³-hybridized carbons (Fsp3) is 0.378. The van der Waals surface area contributed by atoms with Crippen LogP contribution in [-0.4, -0.2) is 103 Å². The largest absolute Gasteiger partial charge is 0.519 e. The third kappa shape index (κ3) is 46.0. The van der Waals surface area contributed by atoms with Crippen LogP contribution in [0.4, 0.5) is 21.1 Å². The molecule has 4 aliphatic carbocycles. The van der Waals surface area contributed by atoms with E-state index in [2.05, 4.69) is 292 Å². The topological polar surface area (TPSA) is 334 Å². The van der Waals surface area contributed by atoms with Crippen molar-refractivity contribution in [3.05, 3.63) is 358 Å². The van der Waals surface area contributed by atoms with Gasteiger partial charge in [0.25, 0.3) is 0 Å². The molecule has 16 rings (SSSR count). The number of hydrogen-bond acceptors (Lipinski definition) is 17. The van der Waals surface area contributed by atoms with Crippen molar-refractivity contribution in [1.82, 2.24) is 4.98 Å². The molecule has 1 aromatic heterocycles. The Bertz CT molecular complexity index is 5910. The van der Waals surface area contributed by atoms with Crippen molar-refractivity contribution < 1.29 is 77.3 Å². The van der Waals surface area contributed by atoms with Gasteiger partial charge >= 0.3 is 43.0 Å². The highest BCUT2D eigenvalue weighted by Crippen LogP contribution is 2.56. The number of aliphatic carboxylic acids is 3. The van der Waals surface area contributed by atoms with Crippen molar-refractivity contribution in [2.75, 3.05) is 11.9 Å². The number of benzene rings is 10. The van der Waals surface area contributed by atoms with Crippen LogP contribution in [0.3, 0.4) is 0 Å². The number of carboxylic acids is 3. The van der Waals surface area contributed by atoms with Crippen LogP contribution in [0.15, 0.2) is 282 Å². The number of nitrogens with zero attached hydrogens (tertiary/aromatic N) is 2. The first-order valence-corrected chi connectivity index (χ1v) is 57.2. The summed E-state index contributed by atoms with van der Waals surface area (Å²) in [6, 6.07) is 82.4. The van der Waals surface area contributed by atoms with E-state index in [1.54, 1.807) is 64.8 Å². The molecule has 798 valence electrons. The second-order valence-corrected chi connectivity index (χ2v) is 49.0. The van der Waals surface area contributed by atoms with Gasteiger partial charge in [-0.2, -0.15) is 0 Å². The van der Waals surface area contributed by atoms with E-state index < -0.39 is 53.6 Å². The number of rotatable bonds is 19. The van der Waals surface area contributed by atoms with Crippen molar-refractivity contribution in [1.29, 1.82) is 0 Å². The van der Waals surface area contributed by atoms with E-state index >= 15 is 0 Å². The molecule has 0 amide bonds. The molecule has 0 radical (unpaired) electrons. The van der Waals surface area contributed by atoms with Gasteiger partial charge < -0.3 is 50.3 Å². The number of nitrogens with two attached hydrogens (primary N) is 2. The predicted molar refractivity (Wildman–Crippen MR) is 629 cm³/mol. The number of aromatic nitrogens is 1. The Morgan fingerprint density at radius 3 is 1.39 bits per heavy atom. The van der Waals surface area contributed by atoms with Crippen molar-refractivity contribution in [2.45, 2.75) is 285 Å². The molecule has 21 nitrogen and oxygen atoms in total. The number of aldehydes is 1. The van der Waals surface area contributed by atoms with Crippen molar-refractivity contribution in [2.24, 2.45) is 5.73 Å². The molecule has 11 aromatic rings. The number of anilines is 1. The average molecular weight is 2460 g/mol. The molecule has 3 atom stereocenters. The van der Waals surface area contributed by atoms with Gasteiger partial charge in [-0.05, 0) is 361 Å². The van der Waals surface area contributed by atoms with E-state index in [9.17, 15) is 43.7 Å². The quantitative estimate of drug-likeness (QED) is 0.00578. The Balaban J connectivity index is 0.000000256. The van der Waals surface area contributed by atoms with Gasteiger partial charge in [-0.3, -0.25) is 34.1 Å². The molecule has 1 aliphatic heterocycles. The van der Waals surface area contributed by atoms with Gasteiger partial charge in [0.05, 0.1) is 22.3 Å². The van der Waals surface area contributed by atoms with Crippen LogP contribution in [0.1, 0.15) is 301 Å². The third-order valence-electron chi connectivity index (χ3n) is 24.9. The zero-order chi connectivity index (χ0) is 109. The number of allylic oxidation sites excluding steroid dienone is 1. The van der Waals surface area contributed by atoms with E-state index in [4.69, 9.17) is 57.2 Å². The number of halogens is 7. The van der Waals surface area contributed by atoms with E-state index in [0.29, 0.717) is 36.5 Å². The maximum absolute atomic E-state index is 11.6. The second-order valence-electron chi connectivity index (χ2n) is 39.5. The number of ketones is 1. The summed E-state index contributed by atoms with van der Waals surface area (Å²) >= 11 is 25.9. The first-order valence-electron chi connectivity index (χ1n) is 50.0. The number of pyridine rings is 1. The van der Waals surface area contributed by atoms with E-state index in [1.807, 2.05) is 91.0 Å². The van der Waals surface area contributed by atoms with E-state index in [0.717, 1.165) is 92.3 Å². The lowest BCUT2D eigenvalue weighted by Crippen LogP contribution is -2.41. The molecule has 0 saturated carbocycles. The van der Waals surface area contributed by atoms with Gasteiger partial charge in [0.15, 0.2) is 5.78 Å². The molecule has 149 heavy (non-hydrogen) atoms. The molecule has 5 aliphatic rings. The number of nitrogen functional groups attached to an aromatic ring is 1. The molecule has 30 heteroatoms. The van der Waals surface area contributed by atoms with Gasteiger partial charge in [-0.15, -0.1) is 0 Å². The van der Waals surface area contributed by atoms with Gasteiger partial charge in [-0.25, -0.2) is 14.6 Å². The number of ether oxygens (including phenoxy) is 3. The maximum atomic E-state index is 11.6. The predicted octanol–water partition coefficient (Wildman–Crippen LogP) is 32.0. The zero-order valence-corrected chi connectivity index (χ0v) is 97.8. The Morgan fingerprint density at radius 2 is 0.926 bits per heavy atom. The van der Waals surface area contributed by atoms with Crippen LogP contribution in [0.25, 0.3) is 6.08 Å². The number of carbonyl (C=O) groups excluding carboxylic acids is 4. The lowest BCUT2D eigenvalue weighted by molar-refractivity contribution is -0.384. The minimum atomic E-state index is -1.87. The summed E-state index contributed by atoms with van der Waals surface area (Å²) in [4.78, 5) is 88.4. The molecule has 10 aromatic carbocycles. The Morgan fingerprint density at radius 1 is 0.510 bits per heavy atom. The SMILES string of the molecule is C.CC(C)(C)OC(=O)OC(=O)OC(C)(C)C.CC1CCCCc2cc(B3OC(C)(C)C(C)(C)O3)ccc21.CC1CCCCc2cc(Br)ccc21.NC1CCCCc2cc(Br)ccc21.Nc1nccc(Cl)c1[N+](=O)[O-].O=C(O)CC/C=C\c1cccc(Br)c1.O=C(O)CCCCc1cccc(Br)c1.O=C(O)CCC[P+](c1ccccc1)(c1ccccc1)c1ccccc1.O=C1CCCCc2cc(Br)ccc21.O=Cc1cccc(Br)c1.